The Morgan fingerprint density at radius 2 is 1.86 bits per heavy atom. The standard InChI is InChI=1S/C23H34N4O2/c1-18-15-19(2)17-27(16-18)14-7-6-13-24-21(28)11-8-12-22-25-26-23(29-22)20-9-4-3-5-10-20/h3-5,9-10,18-19H,6-8,11-17H2,1-2H3,(H,24,28). The van der Waals surface area contributed by atoms with Crippen molar-refractivity contribution in [1.29, 1.82) is 0 Å². The first kappa shape index (κ1) is 21.5. The van der Waals surface area contributed by atoms with Gasteiger partial charge in [-0.2, -0.15) is 0 Å². The minimum atomic E-state index is 0.105. The van der Waals surface area contributed by atoms with Crippen molar-refractivity contribution in [2.45, 2.75) is 52.4 Å². The van der Waals surface area contributed by atoms with Gasteiger partial charge in [-0.25, -0.2) is 0 Å². The normalized spacial score (nSPS) is 19.9. The van der Waals surface area contributed by atoms with Gasteiger partial charge in [-0.3, -0.25) is 4.79 Å². The maximum absolute atomic E-state index is 12.0. The van der Waals surface area contributed by atoms with E-state index >= 15 is 0 Å². The third-order valence-electron chi connectivity index (χ3n) is 5.45. The molecule has 2 heterocycles. The molecule has 158 valence electrons. The molecule has 6 heteroatoms. The Hall–Kier alpha value is -2.21. The molecule has 0 bridgehead atoms. The van der Waals surface area contributed by atoms with Crippen molar-refractivity contribution in [3.8, 4) is 11.5 Å². The fourth-order valence-corrected chi connectivity index (χ4v) is 4.20. The molecule has 0 aliphatic carbocycles. The second-order valence-corrected chi connectivity index (χ2v) is 8.48. The molecule has 2 unspecified atom stereocenters. The first-order chi connectivity index (χ1) is 14.1. The first-order valence-corrected chi connectivity index (χ1v) is 11.0. The van der Waals surface area contributed by atoms with Crippen molar-refractivity contribution >= 4 is 5.91 Å². The lowest BCUT2D eigenvalue weighted by Gasteiger charge is -2.34. The quantitative estimate of drug-likeness (QED) is 0.614. The first-order valence-electron chi connectivity index (χ1n) is 11.0. The van der Waals surface area contributed by atoms with E-state index in [1.54, 1.807) is 0 Å². The average Bonchev–Trinajstić information content (AvgIpc) is 3.17. The third-order valence-corrected chi connectivity index (χ3v) is 5.45. The maximum Gasteiger partial charge on any atom is 0.247 e. The van der Waals surface area contributed by atoms with Gasteiger partial charge >= 0.3 is 0 Å². The van der Waals surface area contributed by atoms with E-state index in [9.17, 15) is 4.79 Å². The van der Waals surface area contributed by atoms with Crippen molar-refractivity contribution < 1.29 is 9.21 Å². The van der Waals surface area contributed by atoms with Crippen LogP contribution in [0, 0.1) is 11.8 Å². The molecule has 1 fully saturated rings. The summed E-state index contributed by atoms with van der Waals surface area (Å²) in [5.74, 6) is 2.83. The van der Waals surface area contributed by atoms with E-state index in [1.165, 1.54) is 19.5 Å². The molecule has 1 aromatic carbocycles. The molecular formula is C23H34N4O2. The number of hydrogen-bond donors (Lipinski definition) is 1. The highest BCUT2D eigenvalue weighted by atomic mass is 16.4. The van der Waals surface area contributed by atoms with Gasteiger partial charge in [0.1, 0.15) is 0 Å². The number of rotatable bonds is 10. The molecule has 1 N–H and O–H groups in total. The number of nitrogens with zero attached hydrogens (tertiary/aromatic N) is 3. The molecule has 0 radical (unpaired) electrons. The van der Waals surface area contributed by atoms with Crippen LogP contribution in [0.4, 0.5) is 0 Å². The zero-order valence-corrected chi connectivity index (χ0v) is 17.8. The van der Waals surface area contributed by atoms with E-state index < -0.39 is 0 Å². The van der Waals surface area contributed by atoms with E-state index in [4.69, 9.17) is 4.42 Å². The van der Waals surface area contributed by atoms with Crippen LogP contribution in [0.25, 0.3) is 11.5 Å². The summed E-state index contributed by atoms with van der Waals surface area (Å²) in [6, 6.07) is 9.72. The number of hydrogen-bond acceptors (Lipinski definition) is 5. The minimum Gasteiger partial charge on any atom is -0.421 e. The molecule has 3 rings (SSSR count). The molecule has 2 atom stereocenters. The summed E-state index contributed by atoms with van der Waals surface area (Å²) in [5, 5.41) is 11.2. The molecule has 1 aliphatic heterocycles. The van der Waals surface area contributed by atoms with E-state index in [-0.39, 0.29) is 5.91 Å². The molecule has 1 aromatic heterocycles. The Labute approximate surface area is 174 Å². The van der Waals surface area contributed by atoms with Crippen LogP contribution in [0.5, 0.6) is 0 Å². The molecule has 1 amide bonds. The van der Waals surface area contributed by atoms with Crippen LogP contribution in [0.2, 0.25) is 0 Å². The number of aryl methyl sites for hydroxylation is 1. The van der Waals surface area contributed by atoms with Crippen LogP contribution in [0.1, 0.15) is 51.8 Å². The van der Waals surface area contributed by atoms with Crippen LogP contribution < -0.4 is 5.32 Å². The summed E-state index contributed by atoms with van der Waals surface area (Å²) >= 11 is 0. The van der Waals surface area contributed by atoms with Crippen molar-refractivity contribution in [2.24, 2.45) is 11.8 Å². The number of unbranched alkanes of at least 4 members (excludes halogenated alkanes) is 1. The number of nitrogens with one attached hydrogen (secondary N) is 1. The van der Waals surface area contributed by atoms with Crippen molar-refractivity contribution in [2.75, 3.05) is 26.2 Å². The fraction of sp³-hybridized carbons (Fsp3) is 0.609. The summed E-state index contributed by atoms with van der Waals surface area (Å²) in [7, 11) is 0. The third kappa shape index (κ3) is 7.28. The maximum atomic E-state index is 12.0. The largest absolute Gasteiger partial charge is 0.421 e. The number of carbonyl (C=O) groups is 1. The van der Waals surface area contributed by atoms with Crippen LogP contribution in [0.15, 0.2) is 34.7 Å². The summed E-state index contributed by atoms with van der Waals surface area (Å²) in [6.45, 7) is 9.04. The summed E-state index contributed by atoms with van der Waals surface area (Å²) in [6.07, 6.45) is 5.36. The Morgan fingerprint density at radius 1 is 1.10 bits per heavy atom. The number of piperidine rings is 1. The minimum absolute atomic E-state index is 0.105. The second-order valence-electron chi connectivity index (χ2n) is 8.48. The number of likely N-dealkylation sites (tertiary alicyclic amines) is 1. The highest BCUT2D eigenvalue weighted by Gasteiger charge is 2.20. The number of benzene rings is 1. The monoisotopic (exact) mass is 398 g/mol. The molecule has 6 nitrogen and oxygen atoms in total. The van der Waals surface area contributed by atoms with Gasteiger partial charge in [0.15, 0.2) is 0 Å². The van der Waals surface area contributed by atoms with Crippen LogP contribution in [-0.2, 0) is 11.2 Å². The predicted octanol–water partition coefficient (Wildman–Crippen LogP) is 3.93. The van der Waals surface area contributed by atoms with Crippen LogP contribution >= 0.6 is 0 Å². The van der Waals surface area contributed by atoms with Crippen molar-refractivity contribution in [3.05, 3.63) is 36.2 Å². The highest BCUT2D eigenvalue weighted by molar-refractivity contribution is 5.75. The van der Waals surface area contributed by atoms with Gasteiger partial charge in [-0.1, -0.05) is 32.0 Å². The number of amides is 1. The fourth-order valence-electron chi connectivity index (χ4n) is 4.20. The Balaban J connectivity index is 1.25. The zero-order chi connectivity index (χ0) is 20.5. The average molecular weight is 399 g/mol. The lowest BCUT2D eigenvalue weighted by molar-refractivity contribution is -0.121. The smallest absolute Gasteiger partial charge is 0.247 e. The van der Waals surface area contributed by atoms with Crippen LogP contribution in [0.3, 0.4) is 0 Å². The van der Waals surface area contributed by atoms with E-state index in [1.807, 2.05) is 30.3 Å². The second kappa shape index (κ2) is 11.1. The van der Waals surface area contributed by atoms with E-state index in [0.29, 0.717) is 31.0 Å². The topological polar surface area (TPSA) is 71.3 Å². The van der Waals surface area contributed by atoms with Gasteiger partial charge in [0.2, 0.25) is 17.7 Å². The van der Waals surface area contributed by atoms with Crippen molar-refractivity contribution in [3.63, 3.8) is 0 Å². The predicted molar refractivity (Wildman–Crippen MR) is 114 cm³/mol. The Kier molecular flexibility index (Phi) is 8.23. The number of aromatic nitrogens is 2. The van der Waals surface area contributed by atoms with Gasteiger partial charge in [-0.15, -0.1) is 10.2 Å². The molecule has 0 spiro atoms. The molecule has 1 aliphatic rings. The molecule has 0 saturated carbocycles. The Morgan fingerprint density at radius 3 is 2.62 bits per heavy atom. The SMILES string of the molecule is CC1CC(C)CN(CCCCNC(=O)CCCc2nnc(-c3ccccc3)o2)C1. The lowest BCUT2D eigenvalue weighted by atomic mass is 9.92. The van der Waals surface area contributed by atoms with Crippen molar-refractivity contribution in [1.82, 2.24) is 20.4 Å². The highest BCUT2D eigenvalue weighted by Crippen LogP contribution is 2.21. The van der Waals surface area contributed by atoms with E-state index in [2.05, 4.69) is 34.3 Å². The summed E-state index contributed by atoms with van der Waals surface area (Å²) in [4.78, 5) is 14.6. The molecule has 29 heavy (non-hydrogen) atoms. The van der Waals surface area contributed by atoms with Gasteiger partial charge < -0.3 is 14.6 Å². The Bertz CT molecular complexity index is 736. The van der Waals surface area contributed by atoms with Gasteiger partial charge in [-0.05, 0) is 56.2 Å². The molecule has 2 aromatic rings. The van der Waals surface area contributed by atoms with Gasteiger partial charge in [0.05, 0.1) is 0 Å². The lowest BCUT2D eigenvalue weighted by Crippen LogP contribution is -2.39. The molecule has 1 saturated heterocycles. The molecular weight excluding hydrogens is 364 g/mol. The van der Waals surface area contributed by atoms with Gasteiger partial charge in [0.25, 0.3) is 0 Å². The van der Waals surface area contributed by atoms with Gasteiger partial charge in [0, 0.05) is 38.0 Å². The number of carbonyl (C=O) groups excluding carboxylic acids is 1. The zero-order valence-electron chi connectivity index (χ0n) is 17.8. The summed E-state index contributed by atoms with van der Waals surface area (Å²) in [5.41, 5.74) is 0.914. The van der Waals surface area contributed by atoms with Crippen LogP contribution in [-0.4, -0.2) is 47.2 Å². The van der Waals surface area contributed by atoms with E-state index in [0.717, 1.165) is 43.3 Å². The summed E-state index contributed by atoms with van der Waals surface area (Å²) < 4.78 is 5.68.